The van der Waals surface area contributed by atoms with E-state index in [1.807, 2.05) is 0 Å². The largest absolute Gasteiger partial charge is 0.352 e. The Hall–Kier alpha value is -1.56. The number of guanidine groups is 1. The van der Waals surface area contributed by atoms with Crippen LogP contribution in [0.1, 0.15) is 22.3 Å². The van der Waals surface area contributed by atoms with Crippen molar-refractivity contribution < 1.29 is 0 Å². The van der Waals surface area contributed by atoms with Gasteiger partial charge in [-0.1, -0.05) is 54.1 Å². The predicted molar refractivity (Wildman–Crippen MR) is 105 cm³/mol. The molecule has 3 nitrogen and oxygen atoms in total. The summed E-state index contributed by atoms with van der Waals surface area (Å²) in [7, 11) is 1.80. The van der Waals surface area contributed by atoms with Crippen molar-refractivity contribution in [3.05, 3.63) is 70.8 Å². The van der Waals surface area contributed by atoms with Gasteiger partial charge in [0.15, 0.2) is 5.96 Å². The fourth-order valence-corrected chi connectivity index (χ4v) is 2.22. The molecule has 4 heteroatoms. The van der Waals surface area contributed by atoms with Crippen LogP contribution in [0.4, 0.5) is 0 Å². The number of halogens is 1. The normalized spacial score (nSPS) is 10.8. The number of aryl methyl sites for hydroxylation is 2. The summed E-state index contributed by atoms with van der Waals surface area (Å²) in [5, 5.41) is 6.69. The Morgan fingerprint density at radius 2 is 1.68 bits per heavy atom. The molecular formula is C18H24IN3. The number of aliphatic imine (C=N–C) groups is 1. The van der Waals surface area contributed by atoms with Gasteiger partial charge in [-0.15, -0.1) is 24.0 Å². The number of hydrogen-bond donors (Lipinski definition) is 2. The summed E-state index contributed by atoms with van der Waals surface area (Å²) in [6.07, 6.45) is 0. The summed E-state index contributed by atoms with van der Waals surface area (Å²) in [6, 6.07) is 16.9. The lowest BCUT2D eigenvalue weighted by Gasteiger charge is -2.13. The van der Waals surface area contributed by atoms with Crippen LogP contribution >= 0.6 is 24.0 Å². The number of nitrogens with one attached hydrogen (secondary N) is 2. The summed E-state index contributed by atoms with van der Waals surface area (Å²) in [5.41, 5.74) is 5.11. The molecule has 2 N–H and O–H groups in total. The third-order valence-electron chi connectivity index (χ3n) is 3.47. The van der Waals surface area contributed by atoms with E-state index in [1.54, 1.807) is 7.05 Å². The van der Waals surface area contributed by atoms with Gasteiger partial charge in [-0.25, -0.2) is 0 Å². The van der Waals surface area contributed by atoms with Crippen LogP contribution in [-0.2, 0) is 13.1 Å². The molecule has 0 aliphatic rings. The Kier molecular flexibility index (Phi) is 7.95. The zero-order chi connectivity index (χ0) is 15.1. The van der Waals surface area contributed by atoms with Crippen LogP contribution in [0.2, 0.25) is 0 Å². The van der Waals surface area contributed by atoms with E-state index >= 15 is 0 Å². The fourth-order valence-electron chi connectivity index (χ4n) is 2.22. The average Bonchev–Trinajstić information content (AvgIpc) is 2.49. The van der Waals surface area contributed by atoms with Crippen molar-refractivity contribution in [1.29, 1.82) is 0 Å². The van der Waals surface area contributed by atoms with Crippen molar-refractivity contribution in [1.82, 2.24) is 10.6 Å². The Morgan fingerprint density at radius 3 is 2.36 bits per heavy atom. The van der Waals surface area contributed by atoms with Crippen LogP contribution in [0.15, 0.2) is 53.5 Å². The molecule has 22 heavy (non-hydrogen) atoms. The first kappa shape index (κ1) is 18.5. The minimum Gasteiger partial charge on any atom is -0.352 e. The Labute approximate surface area is 150 Å². The minimum absolute atomic E-state index is 0. The van der Waals surface area contributed by atoms with Crippen LogP contribution in [0.25, 0.3) is 0 Å². The van der Waals surface area contributed by atoms with Crippen molar-refractivity contribution >= 4 is 29.9 Å². The van der Waals surface area contributed by atoms with Crippen LogP contribution in [0.5, 0.6) is 0 Å². The lowest BCUT2D eigenvalue weighted by Crippen LogP contribution is -2.36. The van der Waals surface area contributed by atoms with Crippen molar-refractivity contribution in [3.8, 4) is 0 Å². The van der Waals surface area contributed by atoms with Crippen LogP contribution in [-0.4, -0.2) is 13.0 Å². The zero-order valence-electron chi connectivity index (χ0n) is 13.4. The lowest BCUT2D eigenvalue weighted by atomic mass is 10.1. The van der Waals surface area contributed by atoms with E-state index < -0.39 is 0 Å². The SMILES string of the molecule is CN=C(NCc1cccc(C)c1)NCc1ccccc1C.I. The van der Waals surface area contributed by atoms with Gasteiger partial charge in [-0.05, 0) is 30.5 Å². The molecule has 0 aromatic heterocycles. The van der Waals surface area contributed by atoms with E-state index in [-0.39, 0.29) is 24.0 Å². The molecule has 0 atom stereocenters. The molecule has 118 valence electrons. The van der Waals surface area contributed by atoms with Crippen LogP contribution < -0.4 is 10.6 Å². The van der Waals surface area contributed by atoms with Gasteiger partial charge in [0, 0.05) is 20.1 Å². The van der Waals surface area contributed by atoms with Gasteiger partial charge in [-0.2, -0.15) is 0 Å². The van der Waals surface area contributed by atoms with Gasteiger partial charge in [0.1, 0.15) is 0 Å². The monoisotopic (exact) mass is 409 g/mol. The van der Waals surface area contributed by atoms with Gasteiger partial charge in [-0.3, -0.25) is 4.99 Å². The molecule has 0 unspecified atom stereocenters. The zero-order valence-corrected chi connectivity index (χ0v) is 15.7. The predicted octanol–water partition coefficient (Wildman–Crippen LogP) is 3.79. The van der Waals surface area contributed by atoms with Crippen LogP contribution in [0.3, 0.4) is 0 Å². The van der Waals surface area contributed by atoms with Gasteiger partial charge in [0.05, 0.1) is 0 Å². The van der Waals surface area contributed by atoms with E-state index in [1.165, 1.54) is 22.3 Å². The molecule has 0 radical (unpaired) electrons. The smallest absolute Gasteiger partial charge is 0.191 e. The maximum Gasteiger partial charge on any atom is 0.191 e. The Balaban J connectivity index is 0.00000242. The highest BCUT2D eigenvalue weighted by Gasteiger charge is 2.01. The van der Waals surface area contributed by atoms with Crippen molar-refractivity contribution in [2.24, 2.45) is 4.99 Å². The second kappa shape index (κ2) is 9.46. The summed E-state index contributed by atoms with van der Waals surface area (Å²) in [6.45, 7) is 5.78. The summed E-state index contributed by atoms with van der Waals surface area (Å²) in [5.74, 6) is 0.819. The summed E-state index contributed by atoms with van der Waals surface area (Å²) in [4.78, 5) is 4.26. The molecule has 2 rings (SSSR count). The lowest BCUT2D eigenvalue weighted by molar-refractivity contribution is 0.806. The molecule has 2 aromatic rings. The third kappa shape index (κ3) is 5.67. The number of hydrogen-bond acceptors (Lipinski definition) is 1. The number of nitrogens with zero attached hydrogens (tertiary/aromatic N) is 1. The van der Waals surface area contributed by atoms with Crippen LogP contribution in [0, 0.1) is 13.8 Å². The van der Waals surface area contributed by atoms with E-state index in [0.29, 0.717) is 0 Å². The molecule has 0 saturated heterocycles. The Morgan fingerprint density at radius 1 is 0.955 bits per heavy atom. The topological polar surface area (TPSA) is 36.4 Å². The van der Waals surface area contributed by atoms with Crippen molar-refractivity contribution in [2.75, 3.05) is 7.05 Å². The highest BCUT2D eigenvalue weighted by Crippen LogP contribution is 2.06. The quantitative estimate of drug-likeness (QED) is 0.458. The minimum atomic E-state index is 0. The van der Waals surface area contributed by atoms with Gasteiger partial charge in [0.25, 0.3) is 0 Å². The fraction of sp³-hybridized carbons (Fsp3) is 0.278. The Bertz CT molecular complexity index is 623. The number of benzene rings is 2. The first-order valence-corrected chi connectivity index (χ1v) is 7.23. The van der Waals surface area contributed by atoms with E-state index in [0.717, 1.165) is 19.0 Å². The molecule has 0 heterocycles. The third-order valence-corrected chi connectivity index (χ3v) is 3.47. The van der Waals surface area contributed by atoms with E-state index in [9.17, 15) is 0 Å². The summed E-state index contributed by atoms with van der Waals surface area (Å²) < 4.78 is 0. The number of rotatable bonds is 4. The van der Waals surface area contributed by atoms with E-state index in [4.69, 9.17) is 0 Å². The first-order chi connectivity index (χ1) is 10.2. The first-order valence-electron chi connectivity index (χ1n) is 7.23. The molecule has 0 amide bonds. The molecule has 0 bridgehead atoms. The standard InChI is InChI=1S/C18H23N3.HI/c1-14-7-6-9-16(11-14)12-20-18(19-3)21-13-17-10-5-4-8-15(17)2;/h4-11H,12-13H2,1-3H3,(H2,19,20,21);1H. The summed E-state index contributed by atoms with van der Waals surface area (Å²) >= 11 is 0. The maximum absolute atomic E-state index is 4.26. The second-order valence-electron chi connectivity index (χ2n) is 5.19. The maximum atomic E-state index is 4.26. The molecule has 0 aliphatic carbocycles. The van der Waals surface area contributed by atoms with Crippen molar-refractivity contribution in [2.45, 2.75) is 26.9 Å². The highest BCUT2D eigenvalue weighted by atomic mass is 127. The molecular weight excluding hydrogens is 385 g/mol. The molecule has 0 fully saturated rings. The molecule has 0 spiro atoms. The van der Waals surface area contributed by atoms with E-state index in [2.05, 4.69) is 78.0 Å². The average molecular weight is 409 g/mol. The van der Waals surface area contributed by atoms with Gasteiger partial charge in [0.2, 0.25) is 0 Å². The van der Waals surface area contributed by atoms with Gasteiger partial charge >= 0.3 is 0 Å². The second-order valence-corrected chi connectivity index (χ2v) is 5.19. The highest BCUT2D eigenvalue weighted by molar-refractivity contribution is 14.0. The molecule has 0 aliphatic heterocycles. The molecule has 0 saturated carbocycles. The van der Waals surface area contributed by atoms with Crippen molar-refractivity contribution in [3.63, 3.8) is 0 Å². The van der Waals surface area contributed by atoms with Gasteiger partial charge < -0.3 is 10.6 Å². The molecule has 2 aromatic carbocycles.